The van der Waals surface area contributed by atoms with E-state index in [2.05, 4.69) is 0 Å². The van der Waals surface area contributed by atoms with Gasteiger partial charge in [-0.05, 0) is 6.42 Å². The molecule has 102 valence electrons. The minimum atomic E-state index is -3.34. The largest absolute Gasteiger partial charge is 0.379 e. The van der Waals surface area contributed by atoms with Crippen molar-refractivity contribution in [2.45, 2.75) is 24.1 Å². The average Bonchev–Trinajstić information content (AvgIpc) is 2.49. The van der Waals surface area contributed by atoms with Crippen LogP contribution in [0.1, 0.15) is 12.8 Å². The Kier molecular flexibility index (Phi) is 3.72. The van der Waals surface area contributed by atoms with Gasteiger partial charge in [0.05, 0.1) is 17.9 Å². The van der Waals surface area contributed by atoms with Gasteiger partial charge in [-0.2, -0.15) is 0 Å². The molecule has 2 atom stereocenters. The molecule has 0 aromatic carbocycles. The number of sulfone groups is 1. The van der Waals surface area contributed by atoms with Crippen LogP contribution >= 0.6 is 0 Å². The van der Waals surface area contributed by atoms with Crippen molar-refractivity contribution in [3.05, 3.63) is 11.4 Å². The minimum Gasteiger partial charge on any atom is -0.379 e. The predicted molar refractivity (Wildman–Crippen MR) is 63.4 cm³/mol. The molecule has 1 heterocycles. The highest BCUT2D eigenvalue weighted by Crippen LogP contribution is 2.38. The Hall–Kier alpha value is -0.950. The van der Waals surface area contributed by atoms with Gasteiger partial charge in [-0.1, -0.05) is 0 Å². The summed E-state index contributed by atoms with van der Waals surface area (Å²) in [4.78, 5) is 12.4. The summed E-state index contributed by atoms with van der Waals surface area (Å²) in [5.74, 6) is -0.423. The van der Waals surface area contributed by atoms with Gasteiger partial charge in [0.25, 0.3) is 0 Å². The molecule has 1 saturated heterocycles. The fourth-order valence-electron chi connectivity index (χ4n) is 2.40. The van der Waals surface area contributed by atoms with Crippen LogP contribution in [0.5, 0.6) is 0 Å². The zero-order valence-corrected chi connectivity index (χ0v) is 11.0. The van der Waals surface area contributed by atoms with E-state index in [1.54, 1.807) is 0 Å². The first-order valence-electron chi connectivity index (χ1n) is 5.81. The molecule has 0 N–H and O–H groups in total. The summed E-state index contributed by atoms with van der Waals surface area (Å²) in [6, 6.07) is -0.585. The monoisotopic (exact) mass is 277 g/mol. The number of amides is 1. The average molecular weight is 277 g/mol. The van der Waals surface area contributed by atoms with Crippen molar-refractivity contribution >= 4 is 16.2 Å². The van der Waals surface area contributed by atoms with Crippen LogP contribution in [0.15, 0.2) is 11.4 Å². The van der Waals surface area contributed by atoms with Gasteiger partial charge in [0.15, 0.2) is 9.84 Å². The van der Waals surface area contributed by atoms with E-state index >= 15 is 0 Å². The molecule has 5 nitrogen and oxygen atoms in total. The van der Waals surface area contributed by atoms with E-state index in [1.807, 2.05) is 0 Å². The lowest BCUT2D eigenvalue weighted by Crippen LogP contribution is -2.46. The van der Waals surface area contributed by atoms with Crippen LogP contribution in [0, 0.1) is 0 Å². The quantitative estimate of drug-likeness (QED) is 0.695. The minimum absolute atomic E-state index is 0.0859. The van der Waals surface area contributed by atoms with E-state index in [0.717, 1.165) is 6.26 Å². The second kappa shape index (κ2) is 4.97. The van der Waals surface area contributed by atoms with E-state index in [4.69, 9.17) is 4.74 Å². The predicted octanol–water partition coefficient (Wildman–Crippen LogP) is 0.274. The summed E-state index contributed by atoms with van der Waals surface area (Å²) >= 11 is 0. The smallest absolute Gasteiger partial charge is 0.210 e. The first-order valence-corrected chi connectivity index (χ1v) is 7.76. The molecule has 1 aliphatic heterocycles. The van der Waals surface area contributed by atoms with Gasteiger partial charge in [0, 0.05) is 31.4 Å². The molecule has 0 bridgehead atoms. The number of rotatable bonds is 3. The van der Waals surface area contributed by atoms with E-state index < -0.39 is 27.0 Å². The van der Waals surface area contributed by atoms with Crippen LogP contribution in [0.2, 0.25) is 0 Å². The Morgan fingerprint density at radius 3 is 2.78 bits per heavy atom. The topological polar surface area (TPSA) is 63.7 Å². The van der Waals surface area contributed by atoms with Gasteiger partial charge in [0.1, 0.15) is 5.83 Å². The van der Waals surface area contributed by atoms with Gasteiger partial charge in [0.2, 0.25) is 6.41 Å². The maximum Gasteiger partial charge on any atom is 0.210 e. The fraction of sp³-hybridized carbons (Fsp3) is 0.727. The zero-order valence-electron chi connectivity index (χ0n) is 10.1. The van der Waals surface area contributed by atoms with E-state index in [9.17, 15) is 17.6 Å². The summed E-state index contributed by atoms with van der Waals surface area (Å²) in [7, 11) is -3.34. The number of allylic oxidation sites excluding steroid dienone is 1. The van der Waals surface area contributed by atoms with Gasteiger partial charge in [-0.25, -0.2) is 12.8 Å². The molecule has 0 saturated carbocycles. The highest BCUT2D eigenvalue weighted by molar-refractivity contribution is 7.91. The van der Waals surface area contributed by atoms with Gasteiger partial charge >= 0.3 is 0 Å². The highest BCUT2D eigenvalue weighted by Gasteiger charge is 2.43. The maximum atomic E-state index is 13.6. The Morgan fingerprint density at radius 2 is 2.22 bits per heavy atom. The molecule has 0 spiro atoms. The summed E-state index contributed by atoms with van der Waals surface area (Å²) < 4.78 is 42.0. The highest BCUT2D eigenvalue weighted by atomic mass is 32.2. The molecule has 1 amide bonds. The molecule has 18 heavy (non-hydrogen) atoms. The van der Waals surface area contributed by atoms with Gasteiger partial charge in [-0.15, -0.1) is 0 Å². The lowest BCUT2D eigenvalue weighted by atomic mass is 9.89. The standard InChI is InChI=1S/C11H16FNO4S/c1-18(15,16)10-5-8(12)11(10)9-6-17-4-2-3-13(9)7-14/h7,9-10H,2-6H2,1H3/t9?,10-/m1/s1. The molecule has 0 aromatic rings. The van der Waals surface area contributed by atoms with Crippen LogP contribution in [-0.4, -0.2) is 57.0 Å². The zero-order chi connectivity index (χ0) is 13.3. The Bertz CT molecular complexity index is 473. The van der Waals surface area contributed by atoms with Crippen LogP contribution in [0.3, 0.4) is 0 Å². The number of carbonyl (C=O) groups is 1. The molecule has 7 heteroatoms. The fourth-order valence-corrected chi connectivity index (χ4v) is 3.60. The lowest BCUT2D eigenvalue weighted by molar-refractivity contribution is -0.119. The molecular weight excluding hydrogens is 261 g/mol. The van der Waals surface area contributed by atoms with Gasteiger partial charge in [-0.3, -0.25) is 4.79 Å². The Labute approximate surface area is 106 Å². The first kappa shape index (κ1) is 13.5. The number of ether oxygens (including phenoxy) is 1. The van der Waals surface area contributed by atoms with Gasteiger partial charge < -0.3 is 9.64 Å². The molecule has 2 rings (SSSR count). The van der Waals surface area contributed by atoms with E-state index in [1.165, 1.54) is 4.90 Å². The van der Waals surface area contributed by atoms with Crippen LogP contribution in [-0.2, 0) is 19.4 Å². The van der Waals surface area contributed by atoms with Crippen molar-refractivity contribution in [3.63, 3.8) is 0 Å². The maximum absolute atomic E-state index is 13.6. The molecule has 1 unspecified atom stereocenters. The number of carbonyl (C=O) groups excluding carboxylic acids is 1. The number of hydrogen-bond acceptors (Lipinski definition) is 4. The van der Waals surface area contributed by atoms with Crippen molar-refractivity contribution in [1.82, 2.24) is 4.90 Å². The third-order valence-corrected chi connectivity index (χ3v) is 4.87. The van der Waals surface area contributed by atoms with Crippen LogP contribution < -0.4 is 0 Å². The Morgan fingerprint density at radius 1 is 1.50 bits per heavy atom. The van der Waals surface area contributed by atoms with Crippen molar-refractivity contribution < 1.29 is 22.3 Å². The first-order chi connectivity index (χ1) is 8.45. The van der Waals surface area contributed by atoms with Crippen molar-refractivity contribution in [2.24, 2.45) is 0 Å². The molecule has 1 fully saturated rings. The third-order valence-electron chi connectivity index (χ3n) is 3.42. The summed E-state index contributed by atoms with van der Waals surface area (Å²) in [6.07, 6.45) is 2.31. The van der Waals surface area contributed by atoms with E-state index in [-0.39, 0.29) is 18.6 Å². The van der Waals surface area contributed by atoms with Crippen LogP contribution in [0.4, 0.5) is 4.39 Å². The molecule has 2 aliphatic rings. The SMILES string of the molecule is CS(=O)(=O)[C@@H]1CC(F)=C1C1COCCCN1C=O. The molecule has 1 aliphatic carbocycles. The summed E-state index contributed by atoms with van der Waals surface area (Å²) in [5.41, 5.74) is 0.200. The van der Waals surface area contributed by atoms with Crippen molar-refractivity contribution in [3.8, 4) is 0 Å². The normalized spacial score (nSPS) is 29.8. The molecule has 0 aromatic heterocycles. The van der Waals surface area contributed by atoms with Crippen LogP contribution in [0.25, 0.3) is 0 Å². The molecular formula is C11H16FNO4S. The Balaban J connectivity index is 2.28. The van der Waals surface area contributed by atoms with Crippen molar-refractivity contribution in [1.29, 1.82) is 0 Å². The number of halogens is 1. The second-order valence-electron chi connectivity index (χ2n) is 4.67. The summed E-state index contributed by atoms with van der Waals surface area (Å²) in [5, 5.41) is -0.813. The number of hydrogen-bond donors (Lipinski definition) is 0. The lowest BCUT2D eigenvalue weighted by Gasteiger charge is -2.36. The molecule has 0 radical (unpaired) electrons. The summed E-state index contributed by atoms with van der Waals surface area (Å²) in [6.45, 7) is 1.12. The van der Waals surface area contributed by atoms with Crippen molar-refractivity contribution in [2.75, 3.05) is 26.0 Å². The van der Waals surface area contributed by atoms with E-state index in [0.29, 0.717) is 26.0 Å². The number of nitrogens with zero attached hydrogens (tertiary/aromatic N) is 1. The second-order valence-corrected chi connectivity index (χ2v) is 6.90. The third kappa shape index (κ3) is 2.42.